The Kier molecular flexibility index (Phi) is 8.95. The average molecular weight is 274 g/mol. The van der Waals surface area contributed by atoms with Gasteiger partial charge in [0.05, 0.1) is 6.54 Å². The Balaban J connectivity index is 3.27. The number of carboxylic acids is 1. The molecule has 0 atom stereocenters. The van der Waals surface area contributed by atoms with E-state index in [2.05, 4.69) is 10.6 Å². The summed E-state index contributed by atoms with van der Waals surface area (Å²) in [7, 11) is 0. The Morgan fingerprint density at radius 1 is 1.05 bits per heavy atom. The number of aliphatic carboxylic acids is 1. The van der Waals surface area contributed by atoms with E-state index in [1.165, 1.54) is 0 Å². The number of unbranched alkanes of at least 4 members (excludes halogenated alkanes) is 3. The maximum absolute atomic E-state index is 11.3. The molecule has 0 saturated heterocycles. The fourth-order valence-electron chi connectivity index (χ4n) is 1.43. The average Bonchev–Trinajstić information content (AvgIpc) is 2.24. The van der Waals surface area contributed by atoms with E-state index in [4.69, 9.17) is 9.84 Å². The number of carboxylic acid groups (broad SMARTS) is 1. The largest absolute Gasteiger partial charge is 0.480 e. The van der Waals surface area contributed by atoms with Crippen LogP contribution < -0.4 is 10.6 Å². The molecule has 0 saturated carbocycles. The van der Waals surface area contributed by atoms with Crippen molar-refractivity contribution in [2.24, 2.45) is 0 Å². The van der Waals surface area contributed by atoms with Gasteiger partial charge >= 0.3 is 12.1 Å². The molecule has 0 fully saturated rings. The van der Waals surface area contributed by atoms with Gasteiger partial charge in [-0.3, -0.25) is 4.79 Å². The predicted octanol–water partition coefficient (Wildman–Crippen LogP) is 1.75. The molecule has 0 rings (SSSR count). The predicted molar refractivity (Wildman–Crippen MR) is 73.2 cm³/mol. The van der Waals surface area contributed by atoms with E-state index in [0.29, 0.717) is 13.1 Å². The third-order valence-corrected chi connectivity index (χ3v) is 2.22. The molecule has 0 radical (unpaired) electrons. The first-order valence-corrected chi connectivity index (χ1v) is 6.70. The van der Waals surface area contributed by atoms with Crippen molar-refractivity contribution in [1.29, 1.82) is 0 Å². The van der Waals surface area contributed by atoms with Gasteiger partial charge in [0.2, 0.25) is 0 Å². The van der Waals surface area contributed by atoms with Crippen LogP contribution in [0.15, 0.2) is 0 Å². The number of nitrogens with one attached hydrogen (secondary N) is 2. The Labute approximate surface area is 114 Å². The third-order valence-electron chi connectivity index (χ3n) is 2.22. The monoisotopic (exact) mass is 274 g/mol. The van der Waals surface area contributed by atoms with Crippen molar-refractivity contribution >= 4 is 12.1 Å². The molecular formula is C13H26N2O4. The standard InChI is InChI=1S/C13H26N2O4/c1-13(2,3)19-12(18)15-9-7-5-4-6-8-14-10-11(16)17/h14H,4-10H2,1-3H3,(H,15,18)(H,16,17). The summed E-state index contributed by atoms with van der Waals surface area (Å²) in [5.41, 5.74) is -0.458. The van der Waals surface area contributed by atoms with E-state index in [0.717, 1.165) is 25.7 Å². The van der Waals surface area contributed by atoms with Gasteiger partial charge in [0.25, 0.3) is 0 Å². The minimum absolute atomic E-state index is 0.0141. The zero-order chi connectivity index (χ0) is 14.7. The number of rotatable bonds is 9. The molecule has 19 heavy (non-hydrogen) atoms. The molecule has 112 valence electrons. The molecule has 1 amide bonds. The Morgan fingerprint density at radius 2 is 1.63 bits per heavy atom. The molecule has 6 nitrogen and oxygen atoms in total. The maximum atomic E-state index is 11.3. The van der Waals surface area contributed by atoms with Crippen LogP contribution in [0.4, 0.5) is 4.79 Å². The van der Waals surface area contributed by atoms with Crippen LogP contribution in [0.5, 0.6) is 0 Å². The van der Waals surface area contributed by atoms with E-state index in [9.17, 15) is 9.59 Å². The molecule has 6 heteroatoms. The number of hydrogen-bond donors (Lipinski definition) is 3. The van der Waals surface area contributed by atoms with Crippen molar-refractivity contribution in [2.45, 2.75) is 52.1 Å². The highest BCUT2D eigenvalue weighted by molar-refractivity contribution is 5.69. The molecule has 0 bridgehead atoms. The SMILES string of the molecule is CC(C)(C)OC(=O)NCCCCCCNCC(=O)O. The first-order chi connectivity index (χ1) is 8.81. The fraction of sp³-hybridized carbons (Fsp3) is 0.846. The van der Waals surface area contributed by atoms with E-state index in [1.807, 2.05) is 20.8 Å². The van der Waals surface area contributed by atoms with Gasteiger partial charge in [0.15, 0.2) is 0 Å². The van der Waals surface area contributed by atoms with Gasteiger partial charge in [-0.2, -0.15) is 0 Å². The summed E-state index contributed by atoms with van der Waals surface area (Å²) < 4.78 is 5.10. The lowest BCUT2D eigenvalue weighted by atomic mass is 10.2. The molecule has 0 aromatic carbocycles. The Hall–Kier alpha value is -1.30. The van der Waals surface area contributed by atoms with Crippen LogP contribution in [0, 0.1) is 0 Å². The lowest BCUT2D eigenvalue weighted by Gasteiger charge is -2.19. The van der Waals surface area contributed by atoms with Crippen molar-refractivity contribution in [3.63, 3.8) is 0 Å². The van der Waals surface area contributed by atoms with E-state index >= 15 is 0 Å². The lowest BCUT2D eigenvalue weighted by molar-refractivity contribution is -0.135. The Morgan fingerprint density at radius 3 is 2.16 bits per heavy atom. The number of alkyl carbamates (subject to hydrolysis) is 1. The number of carbonyl (C=O) groups excluding carboxylic acids is 1. The van der Waals surface area contributed by atoms with Gasteiger partial charge in [-0.25, -0.2) is 4.79 Å². The van der Waals surface area contributed by atoms with E-state index in [1.54, 1.807) is 0 Å². The van der Waals surface area contributed by atoms with Crippen molar-refractivity contribution < 1.29 is 19.4 Å². The van der Waals surface area contributed by atoms with Gasteiger partial charge in [0, 0.05) is 6.54 Å². The minimum Gasteiger partial charge on any atom is -0.480 e. The number of hydrogen-bond acceptors (Lipinski definition) is 4. The van der Waals surface area contributed by atoms with Gasteiger partial charge in [0.1, 0.15) is 5.60 Å². The molecule has 0 aliphatic heterocycles. The second-order valence-electron chi connectivity index (χ2n) is 5.41. The van der Waals surface area contributed by atoms with Crippen LogP contribution in [0.1, 0.15) is 46.5 Å². The molecule has 0 unspecified atom stereocenters. The number of carbonyl (C=O) groups is 2. The summed E-state index contributed by atoms with van der Waals surface area (Å²) in [4.78, 5) is 21.5. The van der Waals surface area contributed by atoms with E-state index in [-0.39, 0.29) is 12.6 Å². The highest BCUT2D eigenvalue weighted by Gasteiger charge is 2.15. The summed E-state index contributed by atoms with van der Waals surface area (Å²) in [6, 6.07) is 0. The molecule has 3 N–H and O–H groups in total. The Bertz CT molecular complexity index is 274. The summed E-state index contributed by atoms with van der Waals surface area (Å²) in [6.07, 6.45) is 3.49. The minimum atomic E-state index is -0.832. The van der Waals surface area contributed by atoms with Crippen LogP contribution >= 0.6 is 0 Å². The molecular weight excluding hydrogens is 248 g/mol. The third kappa shape index (κ3) is 14.6. The van der Waals surface area contributed by atoms with Crippen molar-refractivity contribution in [3.05, 3.63) is 0 Å². The summed E-state index contributed by atoms with van der Waals surface area (Å²) in [5, 5.41) is 13.9. The number of amides is 1. The highest BCUT2D eigenvalue weighted by Crippen LogP contribution is 2.06. The number of ether oxygens (including phenoxy) is 1. The fourth-order valence-corrected chi connectivity index (χ4v) is 1.43. The molecule has 0 aliphatic rings. The smallest absolute Gasteiger partial charge is 0.407 e. The van der Waals surface area contributed by atoms with Crippen molar-refractivity contribution in [3.8, 4) is 0 Å². The topological polar surface area (TPSA) is 87.7 Å². The normalized spacial score (nSPS) is 11.1. The first kappa shape index (κ1) is 17.7. The van der Waals surface area contributed by atoms with Crippen LogP contribution in [0.3, 0.4) is 0 Å². The first-order valence-electron chi connectivity index (χ1n) is 6.70. The molecule has 0 spiro atoms. The highest BCUT2D eigenvalue weighted by atomic mass is 16.6. The van der Waals surface area contributed by atoms with Gasteiger partial charge < -0.3 is 20.5 Å². The molecule has 0 aromatic rings. The maximum Gasteiger partial charge on any atom is 0.407 e. The van der Waals surface area contributed by atoms with Gasteiger partial charge in [-0.15, -0.1) is 0 Å². The molecule has 0 heterocycles. The van der Waals surface area contributed by atoms with Crippen LogP contribution in [-0.2, 0) is 9.53 Å². The second kappa shape index (κ2) is 9.61. The zero-order valence-electron chi connectivity index (χ0n) is 12.1. The summed E-state index contributed by atoms with van der Waals surface area (Å²) >= 11 is 0. The quantitative estimate of drug-likeness (QED) is 0.557. The van der Waals surface area contributed by atoms with Gasteiger partial charge in [-0.1, -0.05) is 12.8 Å². The molecule has 0 aromatic heterocycles. The van der Waals surface area contributed by atoms with Gasteiger partial charge in [-0.05, 0) is 40.2 Å². The van der Waals surface area contributed by atoms with Crippen molar-refractivity contribution in [1.82, 2.24) is 10.6 Å². The summed E-state index contributed by atoms with van der Waals surface area (Å²) in [5.74, 6) is -0.832. The van der Waals surface area contributed by atoms with Crippen LogP contribution in [0.2, 0.25) is 0 Å². The van der Waals surface area contributed by atoms with E-state index < -0.39 is 11.6 Å². The van der Waals surface area contributed by atoms with Crippen LogP contribution in [-0.4, -0.2) is 42.4 Å². The second-order valence-corrected chi connectivity index (χ2v) is 5.41. The lowest BCUT2D eigenvalue weighted by Crippen LogP contribution is -2.33. The molecule has 0 aliphatic carbocycles. The summed E-state index contributed by atoms with van der Waals surface area (Å²) in [6.45, 7) is 6.83. The van der Waals surface area contributed by atoms with Crippen molar-refractivity contribution in [2.75, 3.05) is 19.6 Å². The van der Waals surface area contributed by atoms with Crippen LogP contribution in [0.25, 0.3) is 0 Å². The zero-order valence-corrected chi connectivity index (χ0v) is 12.1.